The summed E-state index contributed by atoms with van der Waals surface area (Å²) >= 11 is 5.82. The van der Waals surface area contributed by atoms with Crippen molar-refractivity contribution in [2.45, 2.75) is 0 Å². The van der Waals surface area contributed by atoms with Crippen molar-refractivity contribution < 1.29 is 4.39 Å². The summed E-state index contributed by atoms with van der Waals surface area (Å²) in [6, 6.07) is 4.54. The van der Waals surface area contributed by atoms with E-state index in [0.717, 1.165) is 6.20 Å². The van der Waals surface area contributed by atoms with Crippen molar-refractivity contribution >= 4 is 11.6 Å². The van der Waals surface area contributed by atoms with Gasteiger partial charge in [0.1, 0.15) is 17.2 Å². The largest absolute Gasteiger partial charge is 0.354 e. The highest BCUT2D eigenvalue weighted by Gasteiger charge is 1.95. The zero-order valence-electron chi connectivity index (χ0n) is 7.59. The third kappa shape index (κ3) is 2.36. The molecule has 0 radical (unpaired) electrons. The molecule has 2 heterocycles. The van der Waals surface area contributed by atoms with Gasteiger partial charge in [0.15, 0.2) is 0 Å². The highest BCUT2D eigenvalue weighted by atomic mass is 35.5. The summed E-state index contributed by atoms with van der Waals surface area (Å²) < 4.78 is 12.5. The number of hydrogen-bond donors (Lipinski definition) is 1. The van der Waals surface area contributed by atoms with Crippen molar-refractivity contribution in [1.82, 2.24) is 9.97 Å². The Morgan fingerprint density at radius 1 is 1.27 bits per heavy atom. The van der Waals surface area contributed by atoms with Gasteiger partial charge in [0, 0.05) is 6.20 Å². The zero-order chi connectivity index (χ0) is 10.7. The maximum atomic E-state index is 12.5. The molecule has 0 saturated heterocycles. The number of H-pyrrole nitrogens is 1. The molecule has 0 aromatic carbocycles. The summed E-state index contributed by atoms with van der Waals surface area (Å²) in [5.41, 5.74) is 1.13. The predicted octanol–water partition coefficient (Wildman–Crippen LogP) is 2.60. The Morgan fingerprint density at radius 2 is 2.13 bits per heavy atom. The lowest BCUT2D eigenvalue weighted by Crippen LogP contribution is -1.83. The summed E-state index contributed by atoms with van der Waals surface area (Å²) in [4.78, 5) is 6.68. The van der Waals surface area contributed by atoms with Crippen LogP contribution in [0, 0.1) is 17.7 Å². The normalized spacial score (nSPS) is 9.47. The van der Waals surface area contributed by atoms with Crippen molar-refractivity contribution in [2.24, 2.45) is 0 Å². The van der Waals surface area contributed by atoms with Gasteiger partial charge in [-0.25, -0.2) is 9.37 Å². The monoisotopic (exact) mass is 220 g/mol. The molecule has 74 valence electrons. The molecule has 2 nitrogen and oxygen atoms in total. The van der Waals surface area contributed by atoms with Crippen LogP contribution in [0.25, 0.3) is 0 Å². The van der Waals surface area contributed by atoms with Gasteiger partial charge in [-0.15, -0.1) is 0 Å². The molecule has 1 N–H and O–H groups in total. The van der Waals surface area contributed by atoms with Gasteiger partial charge >= 0.3 is 0 Å². The minimum atomic E-state index is -0.376. The van der Waals surface area contributed by atoms with Crippen LogP contribution in [0.1, 0.15) is 11.4 Å². The average molecular weight is 221 g/mol. The number of nitrogens with zero attached hydrogens (tertiary/aromatic N) is 1. The van der Waals surface area contributed by atoms with Crippen LogP contribution in [0.2, 0.25) is 5.02 Å². The second-order valence-corrected chi connectivity index (χ2v) is 3.22. The standard InChI is InChI=1S/C11H6ClFN2/c12-10-5-6-14-11(10)4-3-9-2-1-8(13)7-15-9/h1-2,5-7,14H. The summed E-state index contributed by atoms with van der Waals surface area (Å²) in [5, 5.41) is 0.560. The fourth-order valence-corrected chi connectivity index (χ4v) is 1.19. The second-order valence-electron chi connectivity index (χ2n) is 2.81. The molecule has 0 bridgehead atoms. The highest BCUT2D eigenvalue weighted by Crippen LogP contribution is 2.11. The van der Waals surface area contributed by atoms with E-state index in [1.807, 2.05) is 0 Å². The first kappa shape index (κ1) is 9.75. The van der Waals surface area contributed by atoms with E-state index >= 15 is 0 Å². The lowest BCUT2D eigenvalue weighted by atomic mass is 10.3. The third-order valence-corrected chi connectivity index (χ3v) is 2.05. The van der Waals surface area contributed by atoms with E-state index in [2.05, 4.69) is 21.8 Å². The summed E-state index contributed by atoms with van der Waals surface area (Å²) in [6.07, 6.45) is 2.82. The van der Waals surface area contributed by atoms with Crippen LogP contribution < -0.4 is 0 Å². The Bertz CT molecular complexity index is 520. The van der Waals surface area contributed by atoms with E-state index in [9.17, 15) is 4.39 Å². The Balaban J connectivity index is 2.26. The lowest BCUT2D eigenvalue weighted by molar-refractivity contribution is 0.621. The quantitative estimate of drug-likeness (QED) is 0.680. The number of nitrogens with one attached hydrogen (secondary N) is 1. The van der Waals surface area contributed by atoms with Crippen molar-refractivity contribution in [3.05, 3.63) is 52.8 Å². The van der Waals surface area contributed by atoms with Crippen LogP contribution in [0.4, 0.5) is 4.39 Å². The SMILES string of the molecule is Fc1ccc(C#Cc2[nH]ccc2Cl)nc1. The maximum Gasteiger partial charge on any atom is 0.141 e. The number of aromatic amines is 1. The first-order valence-corrected chi connectivity index (χ1v) is 4.60. The van der Waals surface area contributed by atoms with Gasteiger partial charge in [-0.05, 0) is 30.0 Å². The molecule has 2 aromatic heterocycles. The van der Waals surface area contributed by atoms with E-state index in [0.29, 0.717) is 16.4 Å². The van der Waals surface area contributed by atoms with E-state index in [1.165, 1.54) is 12.1 Å². The Morgan fingerprint density at radius 3 is 2.73 bits per heavy atom. The number of pyridine rings is 1. The van der Waals surface area contributed by atoms with Gasteiger partial charge in [-0.1, -0.05) is 11.6 Å². The summed E-state index contributed by atoms with van der Waals surface area (Å²) in [6.45, 7) is 0. The minimum absolute atomic E-state index is 0.376. The molecule has 15 heavy (non-hydrogen) atoms. The molecule has 0 aliphatic rings. The molecule has 0 amide bonds. The molecule has 0 unspecified atom stereocenters. The second kappa shape index (κ2) is 4.16. The number of aromatic nitrogens is 2. The van der Waals surface area contributed by atoms with Gasteiger partial charge in [-0.3, -0.25) is 0 Å². The number of halogens is 2. The number of rotatable bonds is 0. The fraction of sp³-hybridized carbons (Fsp3) is 0. The van der Waals surface area contributed by atoms with Crippen LogP contribution in [0.5, 0.6) is 0 Å². The molecular weight excluding hydrogens is 215 g/mol. The van der Waals surface area contributed by atoms with Gasteiger partial charge in [0.2, 0.25) is 0 Å². The van der Waals surface area contributed by atoms with Gasteiger partial charge in [-0.2, -0.15) is 0 Å². The minimum Gasteiger partial charge on any atom is -0.354 e. The molecule has 0 aliphatic heterocycles. The molecule has 0 spiro atoms. The van der Waals surface area contributed by atoms with Crippen LogP contribution in [-0.2, 0) is 0 Å². The van der Waals surface area contributed by atoms with Gasteiger partial charge < -0.3 is 4.98 Å². The fourth-order valence-electron chi connectivity index (χ4n) is 1.02. The molecule has 4 heteroatoms. The molecule has 0 aliphatic carbocycles. The van der Waals surface area contributed by atoms with Crippen LogP contribution in [0.3, 0.4) is 0 Å². The number of hydrogen-bond acceptors (Lipinski definition) is 1. The topological polar surface area (TPSA) is 28.7 Å². The van der Waals surface area contributed by atoms with E-state index in [1.54, 1.807) is 12.3 Å². The third-order valence-electron chi connectivity index (χ3n) is 1.74. The van der Waals surface area contributed by atoms with Gasteiger partial charge in [0.25, 0.3) is 0 Å². The molecule has 0 fully saturated rings. The molecule has 0 atom stereocenters. The molecule has 0 saturated carbocycles. The van der Waals surface area contributed by atoms with Gasteiger partial charge in [0.05, 0.1) is 11.2 Å². The van der Waals surface area contributed by atoms with Crippen molar-refractivity contribution in [2.75, 3.05) is 0 Å². The average Bonchev–Trinajstić information content (AvgIpc) is 2.63. The Kier molecular flexibility index (Phi) is 2.70. The molecular formula is C11H6ClFN2. The van der Waals surface area contributed by atoms with Crippen molar-refractivity contribution in [1.29, 1.82) is 0 Å². The first-order valence-electron chi connectivity index (χ1n) is 4.22. The van der Waals surface area contributed by atoms with E-state index < -0.39 is 0 Å². The van der Waals surface area contributed by atoms with Crippen molar-refractivity contribution in [3.63, 3.8) is 0 Å². The van der Waals surface area contributed by atoms with Crippen LogP contribution >= 0.6 is 11.6 Å². The zero-order valence-corrected chi connectivity index (χ0v) is 8.35. The van der Waals surface area contributed by atoms with Crippen molar-refractivity contribution in [3.8, 4) is 11.8 Å². The molecule has 2 aromatic rings. The molecule has 2 rings (SSSR count). The summed E-state index contributed by atoms with van der Waals surface area (Å²) in [7, 11) is 0. The van der Waals surface area contributed by atoms with E-state index in [-0.39, 0.29) is 5.82 Å². The Labute approximate surface area is 91.1 Å². The predicted molar refractivity (Wildman–Crippen MR) is 56.0 cm³/mol. The smallest absolute Gasteiger partial charge is 0.141 e. The Hall–Kier alpha value is -1.79. The van der Waals surface area contributed by atoms with E-state index in [4.69, 9.17) is 11.6 Å². The summed E-state index contributed by atoms with van der Waals surface area (Å²) in [5.74, 6) is 5.20. The maximum absolute atomic E-state index is 12.5. The lowest BCUT2D eigenvalue weighted by Gasteiger charge is -1.88. The first-order chi connectivity index (χ1) is 7.25. The van der Waals surface area contributed by atoms with Crippen LogP contribution in [0.15, 0.2) is 30.6 Å². The highest BCUT2D eigenvalue weighted by molar-refractivity contribution is 6.31. The van der Waals surface area contributed by atoms with Crippen LogP contribution in [-0.4, -0.2) is 9.97 Å².